The van der Waals surface area contributed by atoms with E-state index in [0.717, 1.165) is 5.56 Å². The van der Waals surface area contributed by atoms with Crippen molar-refractivity contribution in [2.75, 3.05) is 23.9 Å². The fraction of sp³-hybridized carbons (Fsp3) is 0.111. The molecule has 0 unspecified atom stereocenters. The number of carbonyl (C=O) groups excluding carboxylic acids is 3. The number of nitrogens with one attached hydrogen (secondary N) is 2. The maximum Gasteiger partial charge on any atom is 0.270 e. The van der Waals surface area contributed by atoms with Crippen LogP contribution in [0.25, 0.3) is 6.08 Å². The molecule has 1 saturated heterocycles. The molecule has 38 heavy (non-hydrogen) atoms. The number of para-hydroxylation sites is 1. The summed E-state index contributed by atoms with van der Waals surface area (Å²) >= 11 is 13.4. The Kier molecular flexibility index (Phi) is 8.65. The van der Waals surface area contributed by atoms with Gasteiger partial charge in [-0.3, -0.25) is 24.6 Å². The first-order chi connectivity index (χ1) is 18.2. The summed E-state index contributed by atoms with van der Waals surface area (Å²) in [6.45, 7) is 1.60. The zero-order valence-electron chi connectivity index (χ0n) is 20.2. The zero-order valence-corrected chi connectivity index (χ0v) is 23.9. The standard InChI is InChI=1S/C27H21ClIN3O5S/c1-15-8-9-17(13-20(15)28)30-23(33)14-37-24-21(29)11-16(12-22(24)36-2)10-19-25(34)31-27(38)32(26(19)35)18-6-4-3-5-7-18/h3-13H,14H2,1-2H3,(H,30,33)(H,31,34,38)/b19-10-. The van der Waals surface area contributed by atoms with Crippen molar-refractivity contribution < 1.29 is 23.9 Å². The fourth-order valence-corrected chi connectivity index (χ4v) is 4.85. The Bertz CT molecular complexity index is 1480. The minimum Gasteiger partial charge on any atom is -0.493 e. The maximum absolute atomic E-state index is 13.2. The van der Waals surface area contributed by atoms with Crippen molar-refractivity contribution in [3.05, 3.63) is 86.0 Å². The first kappa shape index (κ1) is 27.6. The molecule has 3 aromatic rings. The van der Waals surface area contributed by atoms with Crippen LogP contribution in [0.15, 0.2) is 66.2 Å². The third-order valence-electron chi connectivity index (χ3n) is 5.48. The van der Waals surface area contributed by atoms with E-state index in [9.17, 15) is 14.4 Å². The van der Waals surface area contributed by atoms with Gasteiger partial charge in [-0.05, 0) is 95.3 Å². The molecule has 0 bridgehead atoms. The summed E-state index contributed by atoms with van der Waals surface area (Å²) in [5.41, 5.74) is 2.42. The number of methoxy groups -OCH3 is 1. The lowest BCUT2D eigenvalue weighted by molar-refractivity contribution is -0.122. The summed E-state index contributed by atoms with van der Waals surface area (Å²) in [5, 5.41) is 5.85. The summed E-state index contributed by atoms with van der Waals surface area (Å²) in [5.74, 6) is -0.857. The molecule has 0 spiro atoms. The highest BCUT2D eigenvalue weighted by atomic mass is 127. The SMILES string of the molecule is COc1cc(/C=C2/C(=O)NC(=S)N(c3ccccc3)C2=O)cc(I)c1OCC(=O)Nc1ccc(C)c(Cl)c1. The smallest absolute Gasteiger partial charge is 0.270 e. The van der Waals surface area contributed by atoms with Crippen LogP contribution in [0.2, 0.25) is 5.02 Å². The van der Waals surface area contributed by atoms with Crippen LogP contribution in [0.5, 0.6) is 11.5 Å². The summed E-state index contributed by atoms with van der Waals surface area (Å²) < 4.78 is 11.8. The Morgan fingerprint density at radius 1 is 1.16 bits per heavy atom. The minimum atomic E-state index is -0.602. The number of aryl methyl sites for hydroxylation is 1. The molecular formula is C27H21ClIN3O5S. The van der Waals surface area contributed by atoms with E-state index in [4.69, 9.17) is 33.3 Å². The summed E-state index contributed by atoms with van der Waals surface area (Å²) in [7, 11) is 1.46. The van der Waals surface area contributed by atoms with E-state index in [1.54, 1.807) is 48.5 Å². The van der Waals surface area contributed by atoms with Crippen LogP contribution in [0.3, 0.4) is 0 Å². The van der Waals surface area contributed by atoms with Crippen molar-refractivity contribution >= 4 is 86.7 Å². The van der Waals surface area contributed by atoms with Crippen molar-refractivity contribution in [3.63, 3.8) is 0 Å². The normalized spacial score (nSPS) is 14.4. The molecule has 3 aromatic carbocycles. The lowest BCUT2D eigenvalue weighted by Crippen LogP contribution is -2.54. The molecule has 0 aliphatic carbocycles. The molecule has 3 amide bonds. The lowest BCUT2D eigenvalue weighted by atomic mass is 10.1. The Hall–Kier alpha value is -3.48. The average Bonchev–Trinajstić information content (AvgIpc) is 2.88. The highest BCUT2D eigenvalue weighted by Crippen LogP contribution is 2.35. The van der Waals surface area contributed by atoms with E-state index in [1.807, 2.05) is 41.6 Å². The third kappa shape index (κ3) is 6.14. The second-order valence-corrected chi connectivity index (χ2v) is 10.1. The number of carbonyl (C=O) groups is 3. The predicted molar refractivity (Wildman–Crippen MR) is 159 cm³/mol. The van der Waals surface area contributed by atoms with Gasteiger partial charge in [-0.1, -0.05) is 35.9 Å². The number of ether oxygens (including phenoxy) is 2. The van der Waals surface area contributed by atoms with E-state index in [2.05, 4.69) is 10.6 Å². The Balaban J connectivity index is 1.54. The molecular weight excluding hydrogens is 641 g/mol. The average molecular weight is 662 g/mol. The Labute approximate surface area is 243 Å². The first-order valence-electron chi connectivity index (χ1n) is 11.2. The molecule has 0 aromatic heterocycles. The summed E-state index contributed by atoms with van der Waals surface area (Å²) in [4.78, 5) is 39.6. The number of thiocarbonyl (C=S) groups is 1. The molecule has 194 valence electrons. The molecule has 0 atom stereocenters. The Morgan fingerprint density at radius 3 is 2.58 bits per heavy atom. The van der Waals surface area contributed by atoms with Crippen LogP contribution in [0.1, 0.15) is 11.1 Å². The number of anilines is 2. The molecule has 4 rings (SSSR count). The van der Waals surface area contributed by atoms with Crippen LogP contribution >= 0.6 is 46.4 Å². The second kappa shape index (κ2) is 11.9. The van der Waals surface area contributed by atoms with Gasteiger partial charge in [0.1, 0.15) is 5.57 Å². The zero-order chi connectivity index (χ0) is 27.4. The van der Waals surface area contributed by atoms with Gasteiger partial charge in [-0.15, -0.1) is 0 Å². The number of benzene rings is 3. The van der Waals surface area contributed by atoms with Gasteiger partial charge in [0.2, 0.25) is 0 Å². The lowest BCUT2D eigenvalue weighted by Gasteiger charge is -2.28. The summed E-state index contributed by atoms with van der Waals surface area (Å²) in [6, 6.07) is 17.3. The number of amides is 3. The van der Waals surface area contributed by atoms with Crippen LogP contribution in [-0.4, -0.2) is 36.6 Å². The number of hydrogen-bond donors (Lipinski definition) is 2. The second-order valence-electron chi connectivity index (χ2n) is 8.13. The molecule has 11 heteroatoms. The molecule has 0 saturated carbocycles. The van der Waals surface area contributed by atoms with Gasteiger partial charge in [0.25, 0.3) is 17.7 Å². The van der Waals surface area contributed by atoms with Gasteiger partial charge < -0.3 is 14.8 Å². The largest absolute Gasteiger partial charge is 0.493 e. The third-order valence-corrected chi connectivity index (χ3v) is 6.98. The molecule has 8 nitrogen and oxygen atoms in total. The monoisotopic (exact) mass is 661 g/mol. The van der Waals surface area contributed by atoms with E-state index < -0.39 is 11.8 Å². The predicted octanol–water partition coefficient (Wildman–Crippen LogP) is 5.11. The van der Waals surface area contributed by atoms with Crippen LogP contribution in [0, 0.1) is 10.5 Å². The van der Waals surface area contributed by atoms with E-state index in [0.29, 0.717) is 37.0 Å². The maximum atomic E-state index is 13.2. The van der Waals surface area contributed by atoms with Gasteiger partial charge in [0.05, 0.1) is 16.4 Å². The number of hydrogen-bond acceptors (Lipinski definition) is 6. The van der Waals surface area contributed by atoms with Crippen molar-refractivity contribution in [1.29, 1.82) is 0 Å². The van der Waals surface area contributed by atoms with E-state index >= 15 is 0 Å². The molecule has 1 aliphatic rings. The molecule has 2 N–H and O–H groups in total. The minimum absolute atomic E-state index is 0.00504. The van der Waals surface area contributed by atoms with Gasteiger partial charge in [0.15, 0.2) is 23.2 Å². The van der Waals surface area contributed by atoms with E-state index in [1.165, 1.54) is 18.1 Å². The van der Waals surface area contributed by atoms with Crippen molar-refractivity contribution in [2.24, 2.45) is 0 Å². The quantitative estimate of drug-likeness (QED) is 0.158. The van der Waals surface area contributed by atoms with Gasteiger partial charge in [-0.25, -0.2) is 0 Å². The van der Waals surface area contributed by atoms with Gasteiger partial charge in [-0.2, -0.15) is 0 Å². The molecule has 0 radical (unpaired) electrons. The fourth-order valence-electron chi connectivity index (χ4n) is 3.60. The van der Waals surface area contributed by atoms with Crippen molar-refractivity contribution in [2.45, 2.75) is 6.92 Å². The van der Waals surface area contributed by atoms with Crippen molar-refractivity contribution in [1.82, 2.24) is 5.32 Å². The van der Waals surface area contributed by atoms with Crippen molar-refractivity contribution in [3.8, 4) is 11.5 Å². The number of nitrogens with zero attached hydrogens (tertiary/aromatic N) is 1. The van der Waals surface area contributed by atoms with E-state index in [-0.39, 0.29) is 23.2 Å². The first-order valence-corrected chi connectivity index (χ1v) is 13.1. The van der Waals surface area contributed by atoms with Gasteiger partial charge >= 0.3 is 0 Å². The highest BCUT2D eigenvalue weighted by Gasteiger charge is 2.34. The van der Waals surface area contributed by atoms with Gasteiger partial charge in [0, 0.05) is 10.7 Å². The molecule has 1 heterocycles. The van der Waals surface area contributed by atoms with Crippen LogP contribution in [-0.2, 0) is 14.4 Å². The number of rotatable bonds is 7. The van der Waals surface area contributed by atoms with Crippen LogP contribution in [0.4, 0.5) is 11.4 Å². The topological polar surface area (TPSA) is 97.0 Å². The number of halogens is 2. The Morgan fingerprint density at radius 2 is 1.89 bits per heavy atom. The molecule has 1 aliphatic heterocycles. The summed E-state index contributed by atoms with van der Waals surface area (Å²) in [6.07, 6.45) is 1.46. The molecule has 1 fully saturated rings. The van der Waals surface area contributed by atoms with Crippen LogP contribution < -0.4 is 25.0 Å². The highest BCUT2D eigenvalue weighted by molar-refractivity contribution is 14.1.